The van der Waals surface area contributed by atoms with Crippen molar-refractivity contribution >= 4 is 34.7 Å². The third kappa shape index (κ3) is 5.34. The van der Waals surface area contributed by atoms with Gasteiger partial charge in [0.25, 0.3) is 0 Å². The van der Waals surface area contributed by atoms with Crippen LogP contribution < -0.4 is 20.3 Å². The van der Waals surface area contributed by atoms with E-state index in [1.807, 2.05) is 67.3 Å². The van der Waals surface area contributed by atoms with Gasteiger partial charge in [-0.15, -0.1) is 0 Å². The molecule has 1 fully saturated rings. The monoisotopic (exact) mass is 459 g/mol. The number of likely N-dealkylation sites (N-methyl/N-ethyl adjacent to an activating group) is 1. The van der Waals surface area contributed by atoms with Gasteiger partial charge in [0.05, 0.1) is 0 Å². The third-order valence-electron chi connectivity index (χ3n) is 5.56. The lowest BCUT2D eigenvalue weighted by molar-refractivity contribution is 0.254. The molecule has 5 rings (SSSR count). The molecule has 4 aromatic rings. The Kier molecular flexibility index (Phi) is 6.39. The number of rotatable bonds is 9. The van der Waals surface area contributed by atoms with Gasteiger partial charge in [-0.3, -0.25) is 0 Å². The number of ether oxygens (including phenoxy) is 1. The maximum atomic E-state index is 5.77. The summed E-state index contributed by atoms with van der Waals surface area (Å²) in [5.74, 6) is 3.26. The van der Waals surface area contributed by atoms with Gasteiger partial charge in [-0.1, -0.05) is 6.07 Å². The number of imidazole rings is 1. The number of nitrogens with one attached hydrogen (secondary N) is 2. The van der Waals surface area contributed by atoms with E-state index in [4.69, 9.17) is 14.7 Å². The van der Waals surface area contributed by atoms with Crippen molar-refractivity contribution in [2.45, 2.75) is 12.8 Å². The number of hydrogen-bond acceptors (Lipinski definition) is 9. The second-order valence-corrected chi connectivity index (χ2v) is 8.50. The van der Waals surface area contributed by atoms with Crippen molar-refractivity contribution < 1.29 is 4.74 Å². The first-order chi connectivity index (χ1) is 16.6. The maximum absolute atomic E-state index is 5.77. The molecule has 176 valence electrons. The number of nitrogens with zero attached hydrogens (tertiary/aromatic N) is 7. The largest absolute Gasteiger partial charge is 0.476 e. The summed E-state index contributed by atoms with van der Waals surface area (Å²) in [6.45, 7) is 3.37. The summed E-state index contributed by atoms with van der Waals surface area (Å²) in [4.78, 5) is 22.7. The van der Waals surface area contributed by atoms with Crippen LogP contribution in [0.4, 0.5) is 29.1 Å². The summed E-state index contributed by atoms with van der Waals surface area (Å²) >= 11 is 0. The standard InChI is InChI=1S/C24H29N9O/c1-31(2)14-15-34-23-7-5-6-19(27-23)28-24-29-20(17-22(30-24)32-10-3-4-11-32)26-18-8-12-33-13-9-25-21(33)16-18/h5-9,12-13,16-17H,3-4,10-11,14-15H2,1-2H3,(H2,26,27,28,29,30). The number of fused-ring (bicyclic) bond motifs is 1. The predicted octanol–water partition coefficient (Wildman–Crippen LogP) is 3.55. The van der Waals surface area contributed by atoms with E-state index in [1.54, 1.807) is 6.20 Å². The van der Waals surface area contributed by atoms with Gasteiger partial charge in [-0.05, 0) is 39.1 Å². The van der Waals surface area contributed by atoms with Crippen LogP contribution in [0.5, 0.6) is 5.88 Å². The SMILES string of the molecule is CN(C)CCOc1cccc(Nc2nc(Nc3ccn4ccnc4c3)cc(N3CCCC3)n2)n1. The zero-order valence-corrected chi connectivity index (χ0v) is 19.5. The molecule has 0 aliphatic carbocycles. The Labute approximate surface area is 198 Å². The number of anilines is 5. The molecule has 0 aromatic carbocycles. The van der Waals surface area contributed by atoms with Crippen LogP contribution in [0.1, 0.15) is 12.8 Å². The first kappa shape index (κ1) is 21.9. The second-order valence-electron chi connectivity index (χ2n) is 8.50. The van der Waals surface area contributed by atoms with Crippen LogP contribution in [0.2, 0.25) is 0 Å². The Morgan fingerprint density at radius 3 is 2.71 bits per heavy atom. The number of aromatic nitrogens is 5. The van der Waals surface area contributed by atoms with Gasteiger partial charge in [0.1, 0.15) is 29.7 Å². The van der Waals surface area contributed by atoms with E-state index in [-0.39, 0.29) is 0 Å². The molecular formula is C24H29N9O. The van der Waals surface area contributed by atoms with E-state index in [1.165, 1.54) is 12.8 Å². The average Bonchev–Trinajstić information content (AvgIpc) is 3.51. The summed E-state index contributed by atoms with van der Waals surface area (Å²) < 4.78 is 7.73. The maximum Gasteiger partial charge on any atom is 0.232 e. The van der Waals surface area contributed by atoms with Gasteiger partial charge in [0, 0.05) is 62.1 Å². The van der Waals surface area contributed by atoms with Gasteiger partial charge >= 0.3 is 0 Å². The molecule has 0 atom stereocenters. The highest BCUT2D eigenvalue weighted by Gasteiger charge is 2.16. The topological polar surface area (TPSA) is 95.7 Å². The van der Waals surface area contributed by atoms with E-state index in [0.717, 1.165) is 36.8 Å². The molecule has 10 nitrogen and oxygen atoms in total. The highest BCUT2D eigenvalue weighted by molar-refractivity contribution is 5.65. The van der Waals surface area contributed by atoms with Crippen LogP contribution in [0.15, 0.2) is 55.0 Å². The summed E-state index contributed by atoms with van der Waals surface area (Å²) in [6, 6.07) is 11.6. The Balaban J connectivity index is 1.38. The fraction of sp³-hybridized carbons (Fsp3) is 0.333. The lowest BCUT2D eigenvalue weighted by atomic mass is 10.3. The molecular weight excluding hydrogens is 430 g/mol. The molecule has 1 aliphatic heterocycles. The van der Waals surface area contributed by atoms with E-state index in [0.29, 0.717) is 30.1 Å². The fourth-order valence-corrected chi connectivity index (χ4v) is 3.81. The molecule has 0 unspecified atom stereocenters. The van der Waals surface area contributed by atoms with E-state index in [2.05, 4.69) is 30.4 Å². The molecule has 34 heavy (non-hydrogen) atoms. The third-order valence-corrected chi connectivity index (χ3v) is 5.56. The minimum atomic E-state index is 0.478. The second kappa shape index (κ2) is 9.92. The van der Waals surface area contributed by atoms with Crippen molar-refractivity contribution in [1.82, 2.24) is 29.2 Å². The Bertz CT molecular complexity index is 1250. The molecule has 1 saturated heterocycles. The number of pyridine rings is 2. The lowest BCUT2D eigenvalue weighted by Gasteiger charge is -2.19. The van der Waals surface area contributed by atoms with Crippen LogP contribution in [0.3, 0.4) is 0 Å². The first-order valence-electron chi connectivity index (χ1n) is 11.5. The van der Waals surface area contributed by atoms with Crippen molar-refractivity contribution in [3.63, 3.8) is 0 Å². The quantitative estimate of drug-likeness (QED) is 0.389. The molecule has 0 saturated carbocycles. The van der Waals surface area contributed by atoms with E-state index >= 15 is 0 Å². The van der Waals surface area contributed by atoms with Crippen LogP contribution >= 0.6 is 0 Å². The molecule has 0 radical (unpaired) electrons. The Morgan fingerprint density at radius 1 is 0.971 bits per heavy atom. The number of hydrogen-bond donors (Lipinski definition) is 2. The van der Waals surface area contributed by atoms with Crippen LogP contribution in [-0.4, -0.2) is 69.6 Å². The molecule has 2 N–H and O–H groups in total. The normalized spacial score (nSPS) is 13.6. The first-order valence-corrected chi connectivity index (χ1v) is 11.5. The van der Waals surface area contributed by atoms with Crippen molar-refractivity contribution in [3.8, 4) is 5.88 Å². The predicted molar refractivity (Wildman–Crippen MR) is 134 cm³/mol. The molecule has 4 aromatic heterocycles. The summed E-state index contributed by atoms with van der Waals surface area (Å²) in [6.07, 6.45) is 8.00. The minimum Gasteiger partial charge on any atom is -0.476 e. The van der Waals surface area contributed by atoms with Crippen LogP contribution in [-0.2, 0) is 0 Å². The molecule has 1 aliphatic rings. The van der Waals surface area contributed by atoms with Gasteiger partial charge in [-0.25, -0.2) is 4.98 Å². The Morgan fingerprint density at radius 2 is 1.85 bits per heavy atom. The van der Waals surface area contributed by atoms with Crippen molar-refractivity contribution in [2.24, 2.45) is 0 Å². The summed E-state index contributed by atoms with van der Waals surface area (Å²) in [5, 5.41) is 6.66. The summed E-state index contributed by atoms with van der Waals surface area (Å²) in [5.41, 5.74) is 1.78. The van der Waals surface area contributed by atoms with Gasteiger partial charge in [0.2, 0.25) is 11.8 Å². The molecule has 0 amide bonds. The molecule has 10 heteroatoms. The summed E-state index contributed by atoms with van der Waals surface area (Å²) in [7, 11) is 4.02. The van der Waals surface area contributed by atoms with Crippen LogP contribution in [0, 0.1) is 0 Å². The van der Waals surface area contributed by atoms with Crippen molar-refractivity contribution in [2.75, 3.05) is 55.9 Å². The lowest BCUT2D eigenvalue weighted by Crippen LogP contribution is -2.20. The highest BCUT2D eigenvalue weighted by atomic mass is 16.5. The van der Waals surface area contributed by atoms with E-state index < -0.39 is 0 Å². The minimum absolute atomic E-state index is 0.478. The van der Waals surface area contributed by atoms with Gasteiger partial charge < -0.3 is 29.6 Å². The molecule has 0 spiro atoms. The zero-order chi connectivity index (χ0) is 23.3. The Hall–Kier alpha value is -3.92. The van der Waals surface area contributed by atoms with Crippen LogP contribution in [0.25, 0.3) is 5.65 Å². The van der Waals surface area contributed by atoms with Gasteiger partial charge in [-0.2, -0.15) is 15.0 Å². The van der Waals surface area contributed by atoms with Gasteiger partial charge in [0.15, 0.2) is 0 Å². The average molecular weight is 460 g/mol. The molecule has 0 bridgehead atoms. The zero-order valence-electron chi connectivity index (χ0n) is 19.5. The highest BCUT2D eigenvalue weighted by Crippen LogP contribution is 2.26. The fourth-order valence-electron chi connectivity index (χ4n) is 3.81. The van der Waals surface area contributed by atoms with Crippen molar-refractivity contribution in [1.29, 1.82) is 0 Å². The molecule has 5 heterocycles. The van der Waals surface area contributed by atoms with E-state index in [9.17, 15) is 0 Å². The smallest absolute Gasteiger partial charge is 0.232 e. The van der Waals surface area contributed by atoms with Crippen molar-refractivity contribution in [3.05, 3.63) is 55.0 Å².